The lowest BCUT2D eigenvalue weighted by Crippen LogP contribution is -2.28. The Bertz CT molecular complexity index is 625. The average molecular weight is 299 g/mol. The summed E-state index contributed by atoms with van der Waals surface area (Å²) < 4.78 is 10.5. The summed E-state index contributed by atoms with van der Waals surface area (Å²) in [6.45, 7) is 1.97. The van der Waals surface area contributed by atoms with Gasteiger partial charge in [-0.3, -0.25) is 4.79 Å². The van der Waals surface area contributed by atoms with Crippen LogP contribution in [0.4, 0.5) is 0 Å². The van der Waals surface area contributed by atoms with Gasteiger partial charge in [-0.05, 0) is 18.6 Å². The van der Waals surface area contributed by atoms with E-state index in [0.29, 0.717) is 11.5 Å². The van der Waals surface area contributed by atoms with E-state index in [1.807, 2.05) is 49.4 Å². The molecule has 0 heterocycles. The highest BCUT2D eigenvalue weighted by molar-refractivity contribution is 5.79. The summed E-state index contributed by atoms with van der Waals surface area (Å²) in [6.07, 6.45) is 0.268. The number of nitrogens with one attached hydrogen (secondary N) is 1. The van der Waals surface area contributed by atoms with Crippen molar-refractivity contribution in [2.24, 2.45) is 0 Å². The predicted octanol–water partition coefficient (Wildman–Crippen LogP) is 3.12. The first-order valence-corrected chi connectivity index (χ1v) is 7.19. The van der Waals surface area contributed by atoms with E-state index in [9.17, 15) is 4.79 Å². The highest BCUT2D eigenvalue weighted by atomic mass is 16.5. The molecule has 1 N–H and O–H groups in total. The van der Waals surface area contributed by atoms with E-state index in [-0.39, 0.29) is 18.4 Å². The van der Waals surface area contributed by atoms with E-state index in [1.54, 1.807) is 20.3 Å². The van der Waals surface area contributed by atoms with Gasteiger partial charge < -0.3 is 14.8 Å². The minimum Gasteiger partial charge on any atom is -0.497 e. The van der Waals surface area contributed by atoms with E-state index in [1.165, 1.54) is 0 Å². The number of hydrogen-bond donors (Lipinski definition) is 1. The lowest BCUT2D eigenvalue weighted by molar-refractivity contribution is -0.121. The molecule has 1 atom stereocenters. The first-order valence-electron chi connectivity index (χ1n) is 7.19. The molecule has 4 nitrogen and oxygen atoms in total. The van der Waals surface area contributed by atoms with E-state index in [2.05, 4.69) is 5.32 Å². The maximum Gasteiger partial charge on any atom is 0.225 e. The van der Waals surface area contributed by atoms with Gasteiger partial charge in [0.15, 0.2) is 0 Å². The standard InChI is InChI=1S/C18H21NO3/c1-13(14-7-5-4-6-8-14)19-18(20)11-15-9-10-16(21-2)12-17(15)22-3/h4-10,12-13H,11H2,1-3H3,(H,19,20)/t13-/m0/s1. The van der Waals surface area contributed by atoms with E-state index >= 15 is 0 Å². The molecular formula is C18H21NO3. The third kappa shape index (κ3) is 4.01. The topological polar surface area (TPSA) is 47.6 Å². The molecule has 0 fully saturated rings. The van der Waals surface area contributed by atoms with Gasteiger partial charge in [0.25, 0.3) is 0 Å². The van der Waals surface area contributed by atoms with Crippen LogP contribution in [0.25, 0.3) is 0 Å². The number of hydrogen-bond acceptors (Lipinski definition) is 3. The molecule has 4 heteroatoms. The van der Waals surface area contributed by atoms with Crippen LogP contribution in [0.1, 0.15) is 24.1 Å². The van der Waals surface area contributed by atoms with Gasteiger partial charge >= 0.3 is 0 Å². The molecule has 2 aromatic carbocycles. The third-order valence-corrected chi connectivity index (χ3v) is 3.52. The van der Waals surface area contributed by atoms with Crippen molar-refractivity contribution in [3.05, 3.63) is 59.7 Å². The second kappa shape index (κ2) is 7.50. The first-order chi connectivity index (χ1) is 10.6. The Hall–Kier alpha value is -2.49. The predicted molar refractivity (Wildman–Crippen MR) is 86.2 cm³/mol. The lowest BCUT2D eigenvalue weighted by Gasteiger charge is -2.15. The van der Waals surface area contributed by atoms with Crippen molar-refractivity contribution < 1.29 is 14.3 Å². The van der Waals surface area contributed by atoms with Gasteiger partial charge in [0, 0.05) is 11.6 Å². The number of rotatable bonds is 6. The number of carbonyl (C=O) groups excluding carboxylic acids is 1. The van der Waals surface area contributed by atoms with Crippen LogP contribution in [0.15, 0.2) is 48.5 Å². The van der Waals surface area contributed by atoms with Crippen LogP contribution in [0, 0.1) is 0 Å². The monoisotopic (exact) mass is 299 g/mol. The van der Waals surface area contributed by atoms with Crippen molar-refractivity contribution in [1.29, 1.82) is 0 Å². The summed E-state index contributed by atoms with van der Waals surface area (Å²) in [7, 11) is 3.19. The maximum atomic E-state index is 12.2. The minimum atomic E-state index is -0.0418. The minimum absolute atomic E-state index is 0.0297. The van der Waals surface area contributed by atoms with Crippen LogP contribution in [-0.2, 0) is 11.2 Å². The fraction of sp³-hybridized carbons (Fsp3) is 0.278. The van der Waals surface area contributed by atoms with E-state index < -0.39 is 0 Å². The van der Waals surface area contributed by atoms with Gasteiger partial charge in [0.05, 0.1) is 26.7 Å². The van der Waals surface area contributed by atoms with Crippen LogP contribution < -0.4 is 14.8 Å². The molecule has 2 rings (SSSR count). The number of amides is 1. The Morgan fingerprint density at radius 2 is 1.82 bits per heavy atom. The molecule has 0 aliphatic rings. The van der Waals surface area contributed by atoms with Gasteiger partial charge in [-0.2, -0.15) is 0 Å². The maximum absolute atomic E-state index is 12.2. The van der Waals surface area contributed by atoms with Gasteiger partial charge in [-0.25, -0.2) is 0 Å². The third-order valence-electron chi connectivity index (χ3n) is 3.52. The van der Waals surface area contributed by atoms with Crippen LogP contribution in [0.2, 0.25) is 0 Å². The molecule has 0 unspecified atom stereocenters. The van der Waals surface area contributed by atoms with Gasteiger partial charge in [0.2, 0.25) is 5.91 Å². The van der Waals surface area contributed by atoms with Crippen molar-refractivity contribution in [2.75, 3.05) is 14.2 Å². The molecule has 0 bridgehead atoms. The largest absolute Gasteiger partial charge is 0.497 e. The smallest absolute Gasteiger partial charge is 0.225 e. The Morgan fingerprint density at radius 1 is 1.09 bits per heavy atom. The fourth-order valence-electron chi connectivity index (χ4n) is 2.29. The normalized spacial score (nSPS) is 11.6. The van der Waals surface area contributed by atoms with Crippen molar-refractivity contribution in [1.82, 2.24) is 5.32 Å². The van der Waals surface area contributed by atoms with Crippen molar-refractivity contribution in [3.63, 3.8) is 0 Å². The van der Waals surface area contributed by atoms with Crippen molar-refractivity contribution in [2.45, 2.75) is 19.4 Å². The van der Waals surface area contributed by atoms with Crippen LogP contribution in [-0.4, -0.2) is 20.1 Å². The van der Waals surface area contributed by atoms with E-state index in [4.69, 9.17) is 9.47 Å². The molecule has 1 amide bonds. The molecule has 116 valence electrons. The number of ether oxygens (including phenoxy) is 2. The SMILES string of the molecule is COc1ccc(CC(=O)N[C@@H](C)c2ccccc2)c(OC)c1. The number of benzene rings is 2. The van der Waals surface area contributed by atoms with Gasteiger partial charge in [-0.15, -0.1) is 0 Å². The zero-order chi connectivity index (χ0) is 15.9. The molecule has 0 saturated carbocycles. The zero-order valence-electron chi connectivity index (χ0n) is 13.1. The summed E-state index contributed by atoms with van der Waals surface area (Å²) >= 11 is 0. The first kappa shape index (κ1) is 15.9. The molecule has 0 aliphatic heterocycles. The second-order valence-electron chi connectivity index (χ2n) is 5.05. The fourth-order valence-corrected chi connectivity index (χ4v) is 2.29. The zero-order valence-corrected chi connectivity index (χ0v) is 13.1. The quantitative estimate of drug-likeness (QED) is 0.891. The summed E-state index contributed by atoms with van der Waals surface area (Å²) in [5, 5.41) is 3.00. The van der Waals surface area contributed by atoms with Crippen molar-refractivity contribution in [3.8, 4) is 11.5 Å². The Labute approximate surface area is 131 Å². The molecular weight excluding hydrogens is 278 g/mol. The highest BCUT2D eigenvalue weighted by Crippen LogP contribution is 2.25. The summed E-state index contributed by atoms with van der Waals surface area (Å²) in [5.41, 5.74) is 1.92. The van der Waals surface area contributed by atoms with Gasteiger partial charge in [-0.1, -0.05) is 36.4 Å². The van der Waals surface area contributed by atoms with Crippen molar-refractivity contribution >= 4 is 5.91 Å². The summed E-state index contributed by atoms with van der Waals surface area (Å²) in [5.74, 6) is 1.32. The molecule has 0 saturated heterocycles. The number of carbonyl (C=O) groups is 1. The Kier molecular flexibility index (Phi) is 5.42. The van der Waals surface area contributed by atoms with Crippen LogP contribution >= 0.6 is 0 Å². The Morgan fingerprint density at radius 3 is 2.45 bits per heavy atom. The highest BCUT2D eigenvalue weighted by Gasteiger charge is 2.13. The van der Waals surface area contributed by atoms with Gasteiger partial charge in [0.1, 0.15) is 11.5 Å². The molecule has 0 aliphatic carbocycles. The second-order valence-corrected chi connectivity index (χ2v) is 5.05. The molecule has 0 aromatic heterocycles. The molecule has 0 spiro atoms. The molecule has 2 aromatic rings. The van der Waals surface area contributed by atoms with Crippen LogP contribution in [0.3, 0.4) is 0 Å². The average Bonchev–Trinajstić information content (AvgIpc) is 2.55. The summed E-state index contributed by atoms with van der Waals surface area (Å²) in [6, 6.07) is 15.3. The molecule has 0 radical (unpaired) electrons. The van der Waals surface area contributed by atoms with Crippen LogP contribution in [0.5, 0.6) is 11.5 Å². The summed E-state index contributed by atoms with van der Waals surface area (Å²) in [4.78, 5) is 12.2. The Balaban J connectivity index is 2.03. The molecule has 22 heavy (non-hydrogen) atoms. The van der Waals surface area contributed by atoms with E-state index in [0.717, 1.165) is 11.1 Å². The lowest BCUT2D eigenvalue weighted by atomic mass is 10.1. The number of methoxy groups -OCH3 is 2.